The number of hydrogen-bond acceptors (Lipinski definition) is 6. The maximum absolute atomic E-state index is 12.9. The number of ether oxygens (including phenoxy) is 2. The van der Waals surface area contributed by atoms with Crippen molar-refractivity contribution >= 4 is 38.6 Å². The number of aromatic nitrogens is 2. The third-order valence-electron chi connectivity index (χ3n) is 5.06. The second-order valence-corrected chi connectivity index (χ2v) is 7.62. The molecule has 1 fully saturated rings. The largest absolute Gasteiger partial charge is 0.454 e. The van der Waals surface area contributed by atoms with Gasteiger partial charge in [-0.2, -0.15) is 0 Å². The molecule has 1 saturated heterocycles. The fraction of sp³-hybridized carbons (Fsp3) is 0.250. The van der Waals surface area contributed by atoms with Crippen molar-refractivity contribution in [2.75, 3.05) is 37.9 Å². The average molecular weight is 441 g/mol. The molecule has 5 rings (SSSR count). The van der Waals surface area contributed by atoms with Crippen LogP contribution in [0.2, 0.25) is 0 Å². The number of piperazine rings is 1. The Balaban J connectivity index is 1.33. The van der Waals surface area contributed by atoms with Crippen LogP contribution in [-0.4, -0.2) is 53.7 Å². The van der Waals surface area contributed by atoms with E-state index in [-0.39, 0.29) is 12.7 Å². The van der Waals surface area contributed by atoms with Crippen LogP contribution in [0.15, 0.2) is 47.2 Å². The van der Waals surface area contributed by atoms with Gasteiger partial charge >= 0.3 is 0 Å². The second-order valence-electron chi connectivity index (χ2n) is 6.71. The van der Waals surface area contributed by atoms with E-state index in [9.17, 15) is 4.79 Å². The van der Waals surface area contributed by atoms with E-state index in [1.807, 2.05) is 23.1 Å². The van der Waals surface area contributed by atoms with E-state index in [1.165, 1.54) is 0 Å². The summed E-state index contributed by atoms with van der Waals surface area (Å²) >= 11 is 3.52. The molecule has 3 aromatic rings. The number of carbonyl (C=O) groups is 1. The third kappa shape index (κ3) is 3.03. The number of nitrogens with zero attached hydrogens (tertiary/aromatic N) is 4. The first-order valence-corrected chi connectivity index (χ1v) is 9.82. The Bertz CT molecular complexity index is 1070. The summed E-state index contributed by atoms with van der Waals surface area (Å²) in [5, 5.41) is 1.01. The Kier molecular flexibility index (Phi) is 4.27. The Hall–Kier alpha value is -2.87. The SMILES string of the molecule is O=C(c1ccc2c(c1)OCO2)N1CCN(c2ncnc3ccc(Br)cc23)CC1. The molecule has 0 radical (unpaired) electrons. The van der Waals surface area contributed by atoms with Gasteiger partial charge in [0.05, 0.1) is 5.52 Å². The molecule has 2 aliphatic rings. The number of fused-ring (bicyclic) bond motifs is 2. The lowest BCUT2D eigenvalue weighted by Gasteiger charge is -2.35. The molecule has 28 heavy (non-hydrogen) atoms. The number of benzene rings is 2. The summed E-state index contributed by atoms with van der Waals surface area (Å²) in [6.07, 6.45) is 1.59. The zero-order valence-electron chi connectivity index (χ0n) is 15.0. The molecule has 0 aliphatic carbocycles. The van der Waals surface area contributed by atoms with Crippen molar-refractivity contribution in [3.05, 3.63) is 52.8 Å². The van der Waals surface area contributed by atoms with Crippen LogP contribution in [0.25, 0.3) is 10.9 Å². The molecule has 1 aromatic heterocycles. The van der Waals surface area contributed by atoms with Crippen molar-refractivity contribution in [3.8, 4) is 11.5 Å². The Labute approximate surface area is 170 Å². The molecule has 7 nitrogen and oxygen atoms in total. The summed E-state index contributed by atoms with van der Waals surface area (Å²) in [5.74, 6) is 2.22. The van der Waals surface area contributed by atoms with Crippen LogP contribution in [0.3, 0.4) is 0 Å². The molecule has 0 spiro atoms. The maximum Gasteiger partial charge on any atom is 0.254 e. The van der Waals surface area contributed by atoms with Crippen molar-refractivity contribution in [2.45, 2.75) is 0 Å². The van der Waals surface area contributed by atoms with Gasteiger partial charge in [-0.15, -0.1) is 0 Å². The number of halogens is 1. The van der Waals surface area contributed by atoms with Crippen LogP contribution in [0.4, 0.5) is 5.82 Å². The van der Waals surface area contributed by atoms with Crippen LogP contribution in [0, 0.1) is 0 Å². The highest BCUT2D eigenvalue weighted by atomic mass is 79.9. The van der Waals surface area contributed by atoms with Gasteiger partial charge in [0.25, 0.3) is 5.91 Å². The van der Waals surface area contributed by atoms with Crippen LogP contribution in [0.5, 0.6) is 11.5 Å². The van der Waals surface area contributed by atoms with E-state index in [0.717, 1.165) is 34.3 Å². The van der Waals surface area contributed by atoms with Gasteiger partial charge in [0.15, 0.2) is 11.5 Å². The quantitative estimate of drug-likeness (QED) is 0.609. The van der Waals surface area contributed by atoms with Gasteiger partial charge in [0, 0.05) is 41.6 Å². The molecule has 0 atom stereocenters. The van der Waals surface area contributed by atoms with Crippen LogP contribution < -0.4 is 14.4 Å². The summed E-state index contributed by atoms with van der Waals surface area (Å²) in [6.45, 7) is 2.90. The number of hydrogen-bond donors (Lipinski definition) is 0. The predicted octanol–water partition coefficient (Wildman–Crippen LogP) is 3.08. The van der Waals surface area contributed by atoms with Gasteiger partial charge in [-0.25, -0.2) is 9.97 Å². The molecule has 1 amide bonds. The monoisotopic (exact) mass is 440 g/mol. The van der Waals surface area contributed by atoms with E-state index in [2.05, 4.69) is 30.8 Å². The fourth-order valence-electron chi connectivity index (χ4n) is 3.60. The van der Waals surface area contributed by atoms with E-state index in [4.69, 9.17) is 9.47 Å². The highest BCUT2D eigenvalue weighted by molar-refractivity contribution is 9.10. The van der Waals surface area contributed by atoms with E-state index in [1.54, 1.807) is 24.5 Å². The fourth-order valence-corrected chi connectivity index (χ4v) is 3.96. The molecular weight excluding hydrogens is 424 g/mol. The van der Waals surface area contributed by atoms with Gasteiger partial charge in [-0.3, -0.25) is 4.79 Å². The predicted molar refractivity (Wildman–Crippen MR) is 108 cm³/mol. The van der Waals surface area contributed by atoms with E-state index >= 15 is 0 Å². The maximum atomic E-state index is 12.9. The number of carbonyl (C=O) groups excluding carboxylic acids is 1. The molecule has 2 aromatic carbocycles. The van der Waals surface area contributed by atoms with Crippen LogP contribution in [-0.2, 0) is 0 Å². The minimum absolute atomic E-state index is 0.00763. The standard InChI is InChI=1S/C20H17BrN4O3/c21-14-2-3-16-15(10-14)19(23-11-22-16)24-5-7-25(8-6-24)20(26)13-1-4-17-18(9-13)28-12-27-17/h1-4,9-11H,5-8,12H2. The molecule has 0 N–H and O–H groups in total. The Morgan fingerprint density at radius 1 is 0.964 bits per heavy atom. The summed E-state index contributed by atoms with van der Waals surface area (Å²) in [6, 6.07) is 11.3. The summed E-state index contributed by atoms with van der Waals surface area (Å²) in [5.41, 5.74) is 1.53. The summed E-state index contributed by atoms with van der Waals surface area (Å²) < 4.78 is 11.7. The molecular formula is C20H17BrN4O3. The van der Waals surface area contributed by atoms with E-state index in [0.29, 0.717) is 30.2 Å². The van der Waals surface area contributed by atoms with Crippen molar-refractivity contribution < 1.29 is 14.3 Å². The van der Waals surface area contributed by atoms with Crippen LogP contribution in [0.1, 0.15) is 10.4 Å². The lowest BCUT2D eigenvalue weighted by Crippen LogP contribution is -2.49. The van der Waals surface area contributed by atoms with Gasteiger partial charge in [0.2, 0.25) is 6.79 Å². The van der Waals surface area contributed by atoms with Gasteiger partial charge in [-0.05, 0) is 36.4 Å². The minimum atomic E-state index is 0.00763. The first kappa shape index (κ1) is 17.2. The minimum Gasteiger partial charge on any atom is -0.454 e. The van der Waals surface area contributed by atoms with Gasteiger partial charge in [-0.1, -0.05) is 15.9 Å². The normalized spacial score (nSPS) is 15.9. The average Bonchev–Trinajstić information content (AvgIpc) is 3.21. The first-order valence-electron chi connectivity index (χ1n) is 9.03. The van der Waals surface area contributed by atoms with Crippen molar-refractivity contribution in [1.82, 2.24) is 14.9 Å². The smallest absolute Gasteiger partial charge is 0.254 e. The second kappa shape index (κ2) is 6.94. The summed E-state index contributed by atoms with van der Waals surface area (Å²) in [4.78, 5) is 25.8. The summed E-state index contributed by atoms with van der Waals surface area (Å²) in [7, 11) is 0. The zero-order valence-corrected chi connectivity index (χ0v) is 16.6. The van der Waals surface area contributed by atoms with E-state index < -0.39 is 0 Å². The molecule has 142 valence electrons. The topological polar surface area (TPSA) is 67.8 Å². The highest BCUT2D eigenvalue weighted by Gasteiger charge is 2.25. The molecule has 3 heterocycles. The molecule has 0 saturated carbocycles. The molecule has 0 unspecified atom stereocenters. The number of rotatable bonds is 2. The Morgan fingerprint density at radius 2 is 1.79 bits per heavy atom. The number of amides is 1. The van der Waals surface area contributed by atoms with Crippen LogP contribution >= 0.6 is 15.9 Å². The van der Waals surface area contributed by atoms with Crippen molar-refractivity contribution in [2.24, 2.45) is 0 Å². The lowest BCUT2D eigenvalue weighted by atomic mass is 10.1. The Morgan fingerprint density at radius 3 is 2.64 bits per heavy atom. The molecule has 2 aliphatic heterocycles. The third-order valence-corrected chi connectivity index (χ3v) is 5.56. The first-order chi connectivity index (χ1) is 13.7. The van der Waals surface area contributed by atoms with Gasteiger partial charge in [0.1, 0.15) is 12.1 Å². The molecule has 8 heteroatoms. The number of anilines is 1. The van der Waals surface area contributed by atoms with Crippen molar-refractivity contribution in [1.29, 1.82) is 0 Å². The lowest BCUT2D eigenvalue weighted by molar-refractivity contribution is 0.0746. The highest BCUT2D eigenvalue weighted by Crippen LogP contribution is 2.33. The molecule has 0 bridgehead atoms. The van der Waals surface area contributed by atoms with Crippen molar-refractivity contribution in [3.63, 3.8) is 0 Å². The van der Waals surface area contributed by atoms with Gasteiger partial charge < -0.3 is 19.3 Å². The zero-order chi connectivity index (χ0) is 19.1.